The molecule has 0 aliphatic heterocycles. The molecule has 5 nitrogen and oxygen atoms in total. The molecular weight excluding hydrogens is 297 g/mol. The number of hydrogen-bond donors (Lipinski definition) is 2. The molecule has 0 saturated carbocycles. The van der Waals surface area contributed by atoms with Crippen LogP contribution in [-0.2, 0) is 0 Å². The molecule has 1 aromatic heterocycles. The fourth-order valence-corrected chi connectivity index (χ4v) is 1.61. The molecule has 0 spiro atoms. The van der Waals surface area contributed by atoms with E-state index in [0.29, 0.717) is 0 Å². The zero-order valence-electron chi connectivity index (χ0n) is 9.78. The van der Waals surface area contributed by atoms with E-state index in [-0.39, 0.29) is 22.6 Å². The number of alkyl halides is 3. The van der Waals surface area contributed by atoms with E-state index in [0.717, 1.165) is 0 Å². The number of hydrogen-bond acceptors (Lipinski definition) is 5. The van der Waals surface area contributed by atoms with E-state index in [9.17, 15) is 13.2 Å². The molecule has 1 aromatic carbocycles. The molecule has 0 amide bonds. The fraction of sp³-hybridized carbons (Fsp3) is 0.0909. The number of anilines is 3. The van der Waals surface area contributed by atoms with Gasteiger partial charge in [0.05, 0.1) is 5.69 Å². The molecule has 106 valence electrons. The summed E-state index contributed by atoms with van der Waals surface area (Å²) in [5, 5.41) is 2.70. The van der Waals surface area contributed by atoms with Crippen LogP contribution in [0.2, 0.25) is 5.15 Å². The van der Waals surface area contributed by atoms with Crippen LogP contribution >= 0.6 is 11.6 Å². The highest BCUT2D eigenvalue weighted by Crippen LogP contribution is 2.31. The average molecular weight is 305 g/mol. The molecule has 0 saturated heterocycles. The first-order valence-corrected chi connectivity index (χ1v) is 5.63. The van der Waals surface area contributed by atoms with Gasteiger partial charge >= 0.3 is 6.36 Å². The second kappa shape index (κ2) is 5.41. The van der Waals surface area contributed by atoms with E-state index < -0.39 is 12.1 Å². The lowest BCUT2D eigenvalue weighted by Crippen LogP contribution is -2.18. The normalized spacial score (nSPS) is 11.2. The molecule has 9 heteroatoms. The maximum atomic E-state index is 12.3. The first kappa shape index (κ1) is 14.2. The van der Waals surface area contributed by atoms with Crippen molar-refractivity contribution in [1.29, 1.82) is 0 Å². The Morgan fingerprint density at radius 1 is 1.20 bits per heavy atom. The van der Waals surface area contributed by atoms with Crippen LogP contribution < -0.4 is 15.8 Å². The Balaban J connectivity index is 2.29. The maximum Gasteiger partial charge on any atom is 0.573 e. The van der Waals surface area contributed by atoms with Gasteiger partial charge in [-0.25, -0.2) is 4.98 Å². The monoisotopic (exact) mass is 304 g/mol. The lowest BCUT2D eigenvalue weighted by molar-refractivity contribution is -0.274. The Morgan fingerprint density at radius 2 is 1.90 bits per heavy atom. The molecule has 0 radical (unpaired) electrons. The van der Waals surface area contributed by atoms with Gasteiger partial charge in [0, 0.05) is 6.07 Å². The predicted octanol–water partition coefficient (Wildman–Crippen LogP) is 3.35. The smallest absolute Gasteiger partial charge is 0.404 e. The lowest BCUT2D eigenvalue weighted by atomic mass is 10.3. The van der Waals surface area contributed by atoms with Crippen molar-refractivity contribution in [1.82, 2.24) is 9.97 Å². The Bertz CT molecular complexity index is 601. The molecule has 2 rings (SSSR count). The number of aromatic nitrogens is 2. The molecule has 0 atom stereocenters. The Hall–Kier alpha value is -2.22. The van der Waals surface area contributed by atoms with Gasteiger partial charge in [-0.3, -0.25) is 0 Å². The number of ether oxygens (including phenoxy) is 1. The minimum atomic E-state index is -4.79. The van der Waals surface area contributed by atoms with E-state index in [1.54, 1.807) is 0 Å². The molecule has 0 fully saturated rings. The molecule has 0 aliphatic carbocycles. The first-order chi connectivity index (χ1) is 9.33. The largest absolute Gasteiger partial charge is 0.573 e. The predicted molar refractivity (Wildman–Crippen MR) is 67.9 cm³/mol. The summed E-state index contributed by atoms with van der Waals surface area (Å²) >= 11 is 5.68. The van der Waals surface area contributed by atoms with Gasteiger partial charge in [0.2, 0.25) is 5.95 Å². The van der Waals surface area contributed by atoms with Crippen LogP contribution in [0.3, 0.4) is 0 Å². The first-order valence-electron chi connectivity index (χ1n) is 5.25. The average Bonchev–Trinajstić information content (AvgIpc) is 2.28. The summed E-state index contributed by atoms with van der Waals surface area (Å²) in [7, 11) is 0. The topological polar surface area (TPSA) is 73.1 Å². The summed E-state index contributed by atoms with van der Waals surface area (Å²) in [6.45, 7) is 0. The molecule has 0 bridgehead atoms. The van der Waals surface area contributed by atoms with Crippen LogP contribution in [0.4, 0.5) is 30.6 Å². The number of nitrogens with two attached hydrogens (primary N) is 1. The number of nitrogens with one attached hydrogen (secondary N) is 1. The quantitative estimate of drug-likeness (QED) is 0.851. The summed E-state index contributed by atoms with van der Waals surface area (Å²) < 4.78 is 40.7. The van der Waals surface area contributed by atoms with Crippen LogP contribution in [0.1, 0.15) is 0 Å². The summed E-state index contributed by atoms with van der Waals surface area (Å²) in [4.78, 5) is 7.44. The molecule has 0 aliphatic rings. The second-order valence-corrected chi connectivity index (χ2v) is 3.99. The van der Waals surface area contributed by atoms with Crippen molar-refractivity contribution in [2.75, 3.05) is 11.1 Å². The van der Waals surface area contributed by atoms with Gasteiger partial charge in [0.25, 0.3) is 0 Å². The second-order valence-electron chi connectivity index (χ2n) is 3.60. The van der Waals surface area contributed by atoms with E-state index >= 15 is 0 Å². The van der Waals surface area contributed by atoms with Crippen LogP contribution in [0, 0.1) is 0 Å². The van der Waals surface area contributed by atoms with Gasteiger partial charge < -0.3 is 15.8 Å². The van der Waals surface area contributed by atoms with Crippen molar-refractivity contribution >= 4 is 29.1 Å². The number of halogens is 4. The summed E-state index contributed by atoms with van der Waals surface area (Å²) in [5.41, 5.74) is 5.46. The van der Waals surface area contributed by atoms with Gasteiger partial charge in [-0.1, -0.05) is 23.7 Å². The van der Waals surface area contributed by atoms with Crippen molar-refractivity contribution in [3.05, 3.63) is 35.5 Å². The van der Waals surface area contributed by atoms with Gasteiger partial charge in [-0.15, -0.1) is 13.2 Å². The minimum absolute atomic E-state index is 0.0641. The van der Waals surface area contributed by atoms with Crippen molar-refractivity contribution in [3.63, 3.8) is 0 Å². The van der Waals surface area contributed by atoms with E-state index in [1.807, 2.05) is 0 Å². The van der Waals surface area contributed by atoms with Crippen LogP contribution in [0.25, 0.3) is 0 Å². The number of nitrogen functional groups attached to an aromatic ring is 1. The van der Waals surface area contributed by atoms with Gasteiger partial charge in [0.15, 0.2) is 5.75 Å². The van der Waals surface area contributed by atoms with Crippen LogP contribution in [-0.4, -0.2) is 16.3 Å². The summed E-state index contributed by atoms with van der Waals surface area (Å²) in [5.74, 6) is -0.344. The number of nitrogens with zero attached hydrogens (tertiary/aromatic N) is 2. The molecule has 20 heavy (non-hydrogen) atoms. The summed E-state index contributed by atoms with van der Waals surface area (Å²) in [6, 6.07) is 6.84. The number of para-hydroxylation sites is 2. The third kappa shape index (κ3) is 3.89. The molecule has 2 aromatic rings. The Morgan fingerprint density at radius 3 is 2.55 bits per heavy atom. The zero-order valence-corrected chi connectivity index (χ0v) is 10.5. The van der Waals surface area contributed by atoms with Crippen molar-refractivity contribution < 1.29 is 17.9 Å². The van der Waals surface area contributed by atoms with Crippen molar-refractivity contribution in [2.45, 2.75) is 6.36 Å². The Kier molecular flexibility index (Phi) is 3.84. The van der Waals surface area contributed by atoms with Crippen LogP contribution in [0.5, 0.6) is 5.75 Å². The molecule has 0 unspecified atom stereocenters. The minimum Gasteiger partial charge on any atom is -0.404 e. The third-order valence-electron chi connectivity index (χ3n) is 2.09. The Labute approximate surface area is 116 Å². The third-order valence-corrected chi connectivity index (χ3v) is 2.28. The molecular formula is C11H8ClF3N4O. The van der Waals surface area contributed by atoms with E-state index in [2.05, 4.69) is 20.0 Å². The van der Waals surface area contributed by atoms with Gasteiger partial charge in [0.1, 0.15) is 11.0 Å². The highest BCUT2D eigenvalue weighted by atomic mass is 35.5. The fourth-order valence-electron chi connectivity index (χ4n) is 1.42. The van der Waals surface area contributed by atoms with E-state index in [1.165, 1.54) is 30.3 Å². The molecule has 1 heterocycles. The SMILES string of the molecule is Nc1nc(Cl)cc(Nc2ccccc2OC(F)(F)F)n1. The van der Waals surface area contributed by atoms with Crippen molar-refractivity contribution in [3.8, 4) is 5.75 Å². The van der Waals surface area contributed by atoms with Gasteiger partial charge in [-0.2, -0.15) is 4.98 Å². The zero-order chi connectivity index (χ0) is 14.8. The van der Waals surface area contributed by atoms with Crippen molar-refractivity contribution in [2.24, 2.45) is 0 Å². The number of benzene rings is 1. The number of rotatable bonds is 3. The van der Waals surface area contributed by atoms with E-state index in [4.69, 9.17) is 17.3 Å². The van der Waals surface area contributed by atoms with Gasteiger partial charge in [-0.05, 0) is 12.1 Å². The summed E-state index contributed by atoms with van der Waals surface area (Å²) in [6.07, 6.45) is -4.79. The lowest BCUT2D eigenvalue weighted by Gasteiger charge is -2.14. The maximum absolute atomic E-state index is 12.3. The molecule has 3 N–H and O–H groups in total. The highest BCUT2D eigenvalue weighted by Gasteiger charge is 2.32. The van der Waals surface area contributed by atoms with Crippen LogP contribution in [0.15, 0.2) is 30.3 Å². The highest BCUT2D eigenvalue weighted by molar-refractivity contribution is 6.29. The standard InChI is InChI=1S/C11H8ClF3N4O/c12-8-5-9(19-10(16)18-8)17-6-3-1-2-4-7(6)20-11(13,14)15/h1-5H,(H3,16,17,18,19).